The molecule has 2 aliphatic rings. The number of para-hydroxylation sites is 1. The second-order valence-corrected chi connectivity index (χ2v) is 7.97. The number of aliphatic hydroxyl groups is 1. The van der Waals surface area contributed by atoms with Crippen molar-refractivity contribution in [3.63, 3.8) is 0 Å². The Bertz CT molecular complexity index is 773. The molecule has 1 N–H and O–H groups in total. The zero-order chi connectivity index (χ0) is 19.4. The van der Waals surface area contributed by atoms with Gasteiger partial charge in [0.1, 0.15) is 6.10 Å². The molecule has 2 aliphatic heterocycles. The minimum atomic E-state index is -0.609. The van der Waals surface area contributed by atoms with Gasteiger partial charge in [0.15, 0.2) is 0 Å². The molecule has 0 radical (unpaired) electrons. The van der Waals surface area contributed by atoms with E-state index >= 15 is 0 Å². The summed E-state index contributed by atoms with van der Waals surface area (Å²) in [5.74, 6) is 0. The van der Waals surface area contributed by atoms with E-state index in [1.807, 2.05) is 48.5 Å². The molecule has 5 nitrogen and oxygen atoms in total. The van der Waals surface area contributed by atoms with Crippen molar-refractivity contribution in [2.45, 2.75) is 37.4 Å². The lowest BCUT2D eigenvalue weighted by Crippen LogP contribution is -2.46. The highest BCUT2D eigenvalue weighted by molar-refractivity contribution is 5.89. The number of cyclic esters (lactones) is 1. The quantitative estimate of drug-likeness (QED) is 0.834. The van der Waals surface area contributed by atoms with E-state index in [-0.39, 0.29) is 12.2 Å². The van der Waals surface area contributed by atoms with Crippen LogP contribution < -0.4 is 4.90 Å². The Morgan fingerprint density at radius 1 is 1.00 bits per heavy atom. The van der Waals surface area contributed by atoms with Crippen LogP contribution in [0.3, 0.4) is 0 Å². The van der Waals surface area contributed by atoms with Crippen molar-refractivity contribution in [2.75, 3.05) is 31.1 Å². The molecule has 1 amide bonds. The molecule has 28 heavy (non-hydrogen) atoms. The number of carbonyl (C=O) groups is 1. The maximum absolute atomic E-state index is 12.2. The molecule has 4 rings (SSSR count). The van der Waals surface area contributed by atoms with E-state index < -0.39 is 5.60 Å². The van der Waals surface area contributed by atoms with E-state index in [4.69, 9.17) is 4.74 Å². The summed E-state index contributed by atoms with van der Waals surface area (Å²) in [6.45, 7) is 3.26. The predicted octanol–water partition coefficient (Wildman–Crippen LogP) is 3.47. The number of likely N-dealkylation sites (tertiary alicyclic amines) is 1. The summed E-state index contributed by atoms with van der Waals surface area (Å²) in [6, 6.07) is 19.9. The lowest BCUT2D eigenvalue weighted by molar-refractivity contribution is -0.0223. The van der Waals surface area contributed by atoms with Crippen molar-refractivity contribution in [2.24, 2.45) is 0 Å². The number of hydrogen-bond acceptors (Lipinski definition) is 4. The Kier molecular flexibility index (Phi) is 5.64. The third kappa shape index (κ3) is 4.54. The smallest absolute Gasteiger partial charge is 0.414 e. The number of anilines is 1. The van der Waals surface area contributed by atoms with Crippen LogP contribution in [0.15, 0.2) is 60.7 Å². The number of amides is 1. The van der Waals surface area contributed by atoms with Gasteiger partial charge in [-0.15, -0.1) is 0 Å². The second kappa shape index (κ2) is 8.33. The largest absolute Gasteiger partial charge is 0.444 e. The molecule has 0 aromatic heterocycles. The van der Waals surface area contributed by atoms with Gasteiger partial charge >= 0.3 is 6.09 Å². The minimum absolute atomic E-state index is 0.0714. The molecule has 0 bridgehead atoms. The molecule has 0 saturated carbocycles. The SMILES string of the molecule is O=C1OC(CCN2CCC(O)(Cc3ccccc3)CC2)CN1c1ccccc1. The van der Waals surface area contributed by atoms with E-state index in [1.165, 1.54) is 5.56 Å². The highest BCUT2D eigenvalue weighted by atomic mass is 16.6. The Morgan fingerprint density at radius 3 is 2.32 bits per heavy atom. The topological polar surface area (TPSA) is 53.0 Å². The minimum Gasteiger partial charge on any atom is -0.444 e. The van der Waals surface area contributed by atoms with Crippen LogP contribution in [0.1, 0.15) is 24.8 Å². The van der Waals surface area contributed by atoms with Gasteiger partial charge in [-0.05, 0) is 37.0 Å². The maximum atomic E-state index is 12.2. The van der Waals surface area contributed by atoms with Gasteiger partial charge in [0, 0.05) is 31.7 Å². The summed E-state index contributed by atoms with van der Waals surface area (Å²) in [7, 11) is 0. The molecular weight excluding hydrogens is 352 g/mol. The Morgan fingerprint density at radius 2 is 1.64 bits per heavy atom. The lowest BCUT2D eigenvalue weighted by Gasteiger charge is -2.38. The highest BCUT2D eigenvalue weighted by Crippen LogP contribution is 2.27. The van der Waals surface area contributed by atoms with E-state index in [1.54, 1.807) is 4.90 Å². The summed E-state index contributed by atoms with van der Waals surface area (Å²) in [6.07, 6.45) is 2.77. The van der Waals surface area contributed by atoms with Gasteiger partial charge in [0.2, 0.25) is 0 Å². The van der Waals surface area contributed by atoms with Crippen molar-refractivity contribution in [3.8, 4) is 0 Å². The molecule has 2 heterocycles. The van der Waals surface area contributed by atoms with Gasteiger partial charge in [-0.1, -0.05) is 48.5 Å². The molecule has 1 unspecified atom stereocenters. The summed E-state index contributed by atoms with van der Waals surface area (Å²) < 4.78 is 5.55. The van der Waals surface area contributed by atoms with E-state index in [0.717, 1.165) is 44.6 Å². The summed E-state index contributed by atoms with van der Waals surface area (Å²) in [4.78, 5) is 16.2. The monoisotopic (exact) mass is 380 g/mol. The number of rotatable bonds is 6. The molecule has 2 aromatic rings. The number of ether oxygens (including phenoxy) is 1. The molecular formula is C23H28N2O3. The van der Waals surface area contributed by atoms with Crippen LogP contribution in [0.2, 0.25) is 0 Å². The normalized spacial score (nSPS) is 22.2. The average Bonchev–Trinajstić information content (AvgIpc) is 3.09. The zero-order valence-corrected chi connectivity index (χ0v) is 16.2. The highest BCUT2D eigenvalue weighted by Gasteiger charge is 2.35. The molecule has 1 atom stereocenters. The van der Waals surface area contributed by atoms with Gasteiger partial charge in [0.25, 0.3) is 0 Å². The van der Waals surface area contributed by atoms with E-state index in [2.05, 4.69) is 17.0 Å². The van der Waals surface area contributed by atoms with Crippen LogP contribution in [0.5, 0.6) is 0 Å². The first-order valence-corrected chi connectivity index (χ1v) is 10.1. The first-order chi connectivity index (χ1) is 13.6. The van der Waals surface area contributed by atoms with E-state index in [0.29, 0.717) is 13.0 Å². The van der Waals surface area contributed by atoms with E-state index in [9.17, 15) is 9.90 Å². The standard InChI is InChI=1S/C23H28N2O3/c26-22-25(20-9-5-2-6-10-20)18-21(28-22)11-14-24-15-12-23(27,13-16-24)17-19-7-3-1-4-8-19/h1-10,21,27H,11-18H2. The van der Waals surface area contributed by atoms with Gasteiger partial charge in [0.05, 0.1) is 12.1 Å². The number of piperidine rings is 1. The van der Waals surface area contributed by atoms with Crippen LogP contribution in [-0.2, 0) is 11.2 Å². The third-order valence-electron chi connectivity index (χ3n) is 5.87. The molecule has 0 spiro atoms. The maximum Gasteiger partial charge on any atom is 0.414 e. The predicted molar refractivity (Wildman–Crippen MR) is 109 cm³/mol. The number of nitrogens with zero attached hydrogens (tertiary/aromatic N) is 2. The Balaban J connectivity index is 1.23. The van der Waals surface area contributed by atoms with Crippen molar-refractivity contribution < 1.29 is 14.6 Å². The van der Waals surface area contributed by atoms with Crippen molar-refractivity contribution in [1.82, 2.24) is 4.90 Å². The number of benzene rings is 2. The molecule has 2 saturated heterocycles. The van der Waals surface area contributed by atoms with Crippen LogP contribution in [0.4, 0.5) is 10.5 Å². The molecule has 148 valence electrons. The average molecular weight is 380 g/mol. The Hall–Kier alpha value is -2.37. The molecule has 2 aromatic carbocycles. The lowest BCUT2D eigenvalue weighted by atomic mass is 9.85. The zero-order valence-electron chi connectivity index (χ0n) is 16.2. The number of hydrogen-bond donors (Lipinski definition) is 1. The van der Waals surface area contributed by atoms with Gasteiger partial charge in [-0.3, -0.25) is 4.90 Å². The molecule has 2 fully saturated rings. The fraction of sp³-hybridized carbons (Fsp3) is 0.435. The van der Waals surface area contributed by atoms with Crippen molar-refractivity contribution >= 4 is 11.8 Å². The first-order valence-electron chi connectivity index (χ1n) is 10.1. The first kappa shape index (κ1) is 19.0. The summed E-state index contributed by atoms with van der Waals surface area (Å²) in [5.41, 5.74) is 1.47. The second-order valence-electron chi connectivity index (χ2n) is 7.97. The van der Waals surface area contributed by atoms with Gasteiger partial charge in [-0.2, -0.15) is 0 Å². The van der Waals surface area contributed by atoms with Crippen molar-refractivity contribution in [1.29, 1.82) is 0 Å². The van der Waals surface area contributed by atoms with Crippen LogP contribution in [-0.4, -0.2) is 54.0 Å². The Labute approximate surface area is 166 Å². The molecule has 5 heteroatoms. The fourth-order valence-corrected chi connectivity index (χ4v) is 4.16. The number of carbonyl (C=O) groups excluding carboxylic acids is 1. The van der Waals surface area contributed by atoms with Gasteiger partial charge < -0.3 is 14.7 Å². The fourth-order valence-electron chi connectivity index (χ4n) is 4.16. The van der Waals surface area contributed by atoms with Crippen LogP contribution in [0, 0.1) is 0 Å². The molecule has 0 aliphatic carbocycles. The van der Waals surface area contributed by atoms with Crippen molar-refractivity contribution in [3.05, 3.63) is 66.2 Å². The van der Waals surface area contributed by atoms with Crippen LogP contribution in [0.25, 0.3) is 0 Å². The van der Waals surface area contributed by atoms with Crippen LogP contribution >= 0.6 is 0 Å². The third-order valence-corrected chi connectivity index (χ3v) is 5.87. The van der Waals surface area contributed by atoms with Gasteiger partial charge in [-0.25, -0.2) is 4.79 Å². The summed E-state index contributed by atoms with van der Waals surface area (Å²) >= 11 is 0. The summed E-state index contributed by atoms with van der Waals surface area (Å²) in [5, 5.41) is 10.9.